The predicted molar refractivity (Wildman–Crippen MR) is 52.2 cm³/mol. The Balaban J connectivity index is 2.48. The van der Waals surface area contributed by atoms with E-state index >= 15 is 0 Å². The van der Waals surface area contributed by atoms with E-state index in [9.17, 15) is 8.42 Å². The molecule has 0 saturated heterocycles. The van der Waals surface area contributed by atoms with Gasteiger partial charge in [0.25, 0.3) is 0 Å². The lowest BCUT2D eigenvalue weighted by Gasteiger charge is -2.25. The van der Waals surface area contributed by atoms with Gasteiger partial charge in [-0.15, -0.1) is 0 Å². The molecule has 76 valence electrons. The van der Waals surface area contributed by atoms with E-state index in [1.165, 1.54) is 6.07 Å². The van der Waals surface area contributed by atoms with Crippen molar-refractivity contribution >= 4 is 10.0 Å². The zero-order valence-corrected chi connectivity index (χ0v) is 8.50. The normalized spacial score (nSPS) is 17.8. The number of hydrogen-bond acceptors (Lipinski definition) is 3. The second kappa shape index (κ2) is 3.33. The number of nitrogens with zero attached hydrogens (tertiary/aromatic N) is 1. The summed E-state index contributed by atoms with van der Waals surface area (Å²) in [6, 6.07) is 3.12. The Morgan fingerprint density at radius 3 is 2.64 bits per heavy atom. The first-order chi connectivity index (χ1) is 6.59. The molecule has 14 heavy (non-hydrogen) atoms. The molecule has 0 aromatic carbocycles. The molecule has 1 aromatic heterocycles. The van der Waals surface area contributed by atoms with Crippen LogP contribution < -0.4 is 5.14 Å². The van der Waals surface area contributed by atoms with Crippen LogP contribution in [0.3, 0.4) is 0 Å². The minimum Gasteiger partial charge on any atom is -0.260 e. The van der Waals surface area contributed by atoms with Crippen molar-refractivity contribution in [1.82, 2.24) is 4.98 Å². The van der Waals surface area contributed by atoms with Crippen LogP contribution in [-0.4, -0.2) is 13.4 Å². The van der Waals surface area contributed by atoms with Crippen molar-refractivity contribution in [3.05, 3.63) is 24.0 Å². The van der Waals surface area contributed by atoms with Gasteiger partial charge in [0.2, 0.25) is 10.0 Å². The number of pyridine rings is 1. The Morgan fingerprint density at radius 2 is 2.14 bits per heavy atom. The fourth-order valence-corrected chi connectivity index (χ4v) is 2.41. The van der Waals surface area contributed by atoms with Crippen LogP contribution in [0.4, 0.5) is 0 Å². The standard InChI is InChI=1S/C9H12N2O2S/c10-14(12,13)8-5-2-6-11-9(8)7-3-1-4-7/h2,5-7H,1,3-4H2,(H2,10,12,13). The first-order valence-electron chi connectivity index (χ1n) is 4.57. The van der Waals surface area contributed by atoms with E-state index in [1.54, 1.807) is 12.3 Å². The van der Waals surface area contributed by atoms with E-state index in [1.807, 2.05) is 0 Å². The minimum absolute atomic E-state index is 0.185. The molecule has 0 spiro atoms. The molecule has 2 rings (SSSR count). The second-order valence-corrected chi connectivity index (χ2v) is 5.09. The lowest BCUT2D eigenvalue weighted by molar-refractivity contribution is 0.404. The third-order valence-corrected chi connectivity index (χ3v) is 3.56. The van der Waals surface area contributed by atoms with Crippen molar-refractivity contribution in [3.63, 3.8) is 0 Å². The Bertz CT molecular complexity index is 438. The van der Waals surface area contributed by atoms with Gasteiger partial charge in [0.15, 0.2) is 0 Å². The zero-order chi connectivity index (χ0) is 10.2. The SMILES string of the molecule is NS(=O)(=O)c1cccnc1C1CCC1. The van der Waals surface area contributed by atoms with E-state index in [0.29, 0.717) is 5.69 Å². The quantitative estimate of drug-likeness (QED) is 0.794. The maximum atomic E-state index is 11.2. The van der Waals surface area contributed by atoms with Crippen molar-refractivity contribution in [1.29, 1.82) is 0 Å². The highest BCUT2D eigenvalue weighted by molar-refractivity contribution is 7.89. The van der Waals surface area contributed by atoms with Gasteiger partial charge in [-0.25, -0.2) is 13.6 Å². The summed E-state index contributed by atoms with van der Waals surface area (Å²) >= 11 is 0. The van der Waals surface area contributed by atoms with Gasteiger partial charge in [-0.2, -0.15) is 0 Å². The second-order valence-electron chi connectivity index (χ2n) is 3.56. The van der Waals surface area contributed by atoms with Crippen molar-refractivity contribution in [2.24, 2.45) is 5.14 Å². The van der Waals surface area contributed by atoms with Gasteiger partial charge in [0.05, 0.1) is 5.69 Å². The molecule has 1 saturated carbocycles. The van der Waals surface area contributed by atoms with Crippen molar-refractivity contribution < 1.29 is 8.42 Å². The maximum Gasteiger partial charge on any atom is 0.239 e. The molecular formula is C9H12N2O2S. The fourth-order valence-electron chi connectivity index (χ4n) is 1.63. The predicted octanol–water partition coefficient (Wildman–Crippen LogP) is 0.997. The number of primary sulfonamides is 1. The van der Waals surface area contributed by atoms with E-state index in [2.05, 4.69) is 4.98 Å². The molecule has 0 aliphatic heterocycles. The van der Waals surface area contributed by atoms with Crippen molar-refractivity contribution in [3.8, 4) is 0 Å². The van der Waals surface area contributed by atoms with Crippen LogP contribution in [0.5, 0.6) is 0 Å². The molecule has 5 heteroatoms. The average Bonchev–Trinajstić information content (AvgIpc) is 2.00. The van der Waals surface area contributed by atoms with E-state index in [0.717, 1.165) is 19.3 Å². The number of aromatic nitrogens is 1. The van der Waals surface area contributed by atoms with Crippen LogP contribution in [0.2, 0.25) is 0 Å². The largest absolute Gasteiger partial charge is 0.260 e. The lowest BCUT2D eigenvalue weighted by atomic mass is 9.83. The van der Waals surface area contributed by atoms with Gasteiger partial charge in [-0.05, 0) is 25.0 Å². The number of sulfonamides is 1. The minimum atomic E-state index is -3.62. The first kappa shape index (κ1) is 9.61. The summed E-state index contributed by atoms with van der Waals surface area (Å²) in [4.78, 5) is 4.29. The molecule has 0 amide bonds. The third kappa shape index (κ3) is 1.65. The van der Waals surface area contributed by atoms with Crippen LogP contribution >= 0.6 is 0 Å². The Morgan fingerprint density at radius 1 is 1.43 bits per heavy atom. The molecule has 1 aromatic rings. The smallest absolute Gasteiger partial charge is 0.239 e. The Hall–Kier alpha value is -0.940. The third-order valence-electron chi connectivity index (χ3n) is 2.60. The Kier molecular flexibility index (Phi) is 2.28. The fraction of sp³-hybridized carbons (Fsp3) is 0.444. The van der Waals surface area contributed by atoms with Crippen LogP contribution in [0, 0.1) is 0 Å². The highest BCUT2D eigenvalue weighted by Gasteiger charge is 2.26. The highest BCUT2D eigenvalue weighted by Crippen LogP contribution is 2.37. The van der Waals surface area contributed by atoms with Gasteiger partial charge in [-0.3, -0.25) is 4.98 Å². The lowest BCUT2D eigenvalue weighted by Crippen LogP contribution is -2.19. The van der Waals surface area contributed by atoms with Gasteiger partial charge < -0.3 is 0 Å². The van der Waals surface area contributed by atoms with Gasteiger partial charge in [-0.1, -0.05) is 6.42 Å². The molecule has 0 bridgehead atoms. The van der Waals surface area contributed by atoms with Crippen LogP contribution in [0.15, 0.2) is 23.2 Å². The summed E-state index contributed by atoms with van der Waals surface area (Å²) in [5, 5.41) is 5.11. The number of hydrogen-bond donors (Lipinski definition) is 1. The average molecular weight is 212 g/mol. The molecule has 1 fully saturated rings. The summed E-state index contributed by atoms with van der Waals surface area (Å²) in [5.41, 5.74) is 0.640. The summed E-state index contributed by atoms with van der Waals surface area (Å²) in [6.45, 7) is 0. The van der Waals surface area contributed by atoms with Gasteiger partial charge >= 0.3 is 0 Å². The molecule has 0 atom stereocenters. The van der Waals surface area contributed by atoms with Gasteiger partial charge in [0.1, 0.15) is 4.90 Å². The monoisotopic (exact) mass is 212 g/mol. The summed E-state index contributed by atoms with van der Waals surface area (Å²) in [6.07, 6.45) is 4.78. The van der Waals surface area contributed by atoms with E-state index in [4.69, 9.17) is 5.14 Å². The molecule has 1 aliphatic rings. The van der Waals surface area contributed by atoms with Crippen molar-refractivity contribution in [2.75, 3.05) is 0 Å². The topological polar surface area (TPSA) is 73.1 Å². The highest BCUT2D eigenvalue weighted by atomic mass is 32.2. The first-order valence-corrected chi connectivity index (χ1v) is 6.11. The van der Waals surface area contributed by atoms with Crippen molar-refractivity contribution in [2.45, 2.75) is 30.1 Å². The molecule has 0 unspecified atom stereocenters. The zero-order valence-electron chi connectivity index (χ0n) is 7.68. The number of rotatable bonds is 2. The summed E-state index contributed by atoms with van der Waals surface area (Å²) < 4.78 is 22.5. The molecule has 1 heterocycles. The van der Waals surface area contributed by atoms with Crippen LogP contribution in [-0.2, 0) is 10.0 Å². The molecule has 0 radical (unpaired) electrons. The molecule has 1 aliphatic carbocycles. The Labute approximate surface area is 83.2 Å². The van der Waals surface area contributed by atoms with Gasteiger partial charge in [0, 0.05) is 12.1 Å². The van der Waals surface area contributed by atoms with Crippen LogP contribution in [0.1, 0.15) is 30.9 Å². The number of nitrogens with two attached hydrogens (primary N) is 1. The molecule has 2 N–H and O–H groups in total. The maximum absolute atomic E-state index is 11.2. The summed E-state index contributed by atoms with van der Waals surface area (Å²) in [5.74, 6) is 0.282. The summed E-state index contributed by atoms with van der Waals surface area (Å²) in [7, 11) is -3.62. The molecular weight excluding hydrogens is 200 g/mol. The molecule has 4 nitrogen and oxygen atoms in total. The van der Waals surface area contributed by atoms with E-state index < -0.39 is 10.0 Å². The van der Waals surface area contributed by atoms with Crippen LogP contribution in [0.25, 0.3) is 0 Å². The van der Waals surface area contributed by atoms with E-state index in [-0.39, 0.29) is 10.8 Å².